The number of rotatable bonds is 10. The number of hydrogen-bond donors (Lipinski definition) is 1. The Labute approximate surface area is 219 Å². The largest absolute Gasteiger partial charge is 0.493 e. The fourth-order valence-corrected chi connectivity index (χ4v) is 5.28. The molecule has 37 heavy (non-hydrogen) atoms. The summed E-state index contributed by atoms with van der Waals surface area (Å²) in [6, 6.07) is 9.47. The van der Waals surface area contributed by atoms with Gasteiger partial charge in [0.05, 0.1) is 38.7 Å². The number of benzene rings is 2. The normalized spacial score (nSPS) is 15.1. The third kappa shape index (κ3) is 5.63. The Kier molecular flexibility index (Phi) is 8.14. The fourth-order valence-electron chi connectivity index (χ4n) is 4.25. The zero-order chi connectivity index (χ0) is 26.7. The van der Waals surface area contributed by atoms with Gasteiger partial charge < -0.3 is 18.9 Å². The third-order valence-corrected chi connectivity index (χ3v) is 7.35. The molecule has 11 nitrogen and oxygen atoms in total. The molecule has 4 rings (SSSR count). The summed E-state index contributed by atoms with van der Waals surface area (Å²) in [7, 11) is -1.74. The highest BCUT2D eigenvalue weighted by molar-refractivity contribution is 7.86. The summed E-state index contributed by atoms with van der Waals surface area (Å²) in [4.78, 5) is 13.8. The lowest BCUT2D eigenvalue weighted by Gasteiger charge is -2.19. The van der Waals surface area contributed by atoms with E-state index in [1.807, 2.05) is 0 Å². The van der Waals surface area contributed by atoms with Crippen molar-refractivity contribution >= 4 is 27.5 Å². The SMILES string of the molecule is COc1cccc(C(=O)c2cc(Cl)ccc2-n2c(C)nnc2C(CCC2OCCO2)S(=O)(=O)O)c1OC. The van der Waals surface area contributed by atoms with Gasteiger partial charge in [-0.15, -0.1) is 10.2 Å². The van der Waals surface area contributed by atoms with Crippen LogP contribution < -0.4 is 9.47 Å². The second-order valence-electron chi connectivity index (χ2n) is 8.22. The van der Waals surface area contributed by atoms with Crippen LogP contribution in [0.2, 0.25) is 5.02 Å². The van der Waals surface area contributed by atoms with Crippen molar-refractivity contribution in [1.82, 2.24) is 14.8 Å². The van der Waals surface area contributed by atoms with E-state index in [0.29, 0.717) is 24.8 Å². The van der Waals surface area contributed by atoms with Crippen molar-refractivity contribution in [2.75, 3.05) is 27.4 Å². The topological polar surface area (TPSA) is 139 Å². The molecule has 2 heterocycles. The number of para-hydroxylation sites is 1. The van der Waals surface area contributed by atoms with Crippen molar-refractivity contribution in [2.24, 2.45) is 0 Å². The highest BCUT2D eigenvalue weighted by Gasteiger charge is 2.34. The first-order valence-electron chi connectivity index (χ1n) is 11.3. The van der Waals surface area contributed by atoms with Crippen LogP contribution in [0.1, 0.15) is 45.7 Å². The average Bonchev–Trinajstić information content (AvgIpc) is 3.52. The first kappa shape index (κ1) is 27.0. The Morgan fingerprint density at radius 3 is 2.54 bits per heavy atom. The highest BCUT2D eigenvalue weighted by atomic mass is 35.5. The van der Waals surface area contributed by atoms with Crippen LogP contribution in [-0.4, -0.2) is 67.2 Å². The molecule has 0 bridgehead atoms. The molecular weight excluding hydrogens is 526 g/mol. The van der Waals surface area contributed by atoms with Gasteiger partial charge in [-0.3, -0.25) is 13.9 Å². The Morgan fingerprint density at radius 2 is 1.89 bits per heavy atom. The molecule has 1 atom stereocenters. The van der Waals surface area contributed by atoms with Gasteiger partial charge in [0.2, 0.25) is 0 Å². The van der Waals surface area contributed by atoms with E-state index in [0.717, 1.165) is 0 Å². The Hall–Kier alpha value is -3.03. The van der Waals surface area contributed by atoms with Crippen LogP contribution in [0.4, 0.5) is 0 Å². The van der Waals surface area contributed by atoms with Gasteiger partial charge >= 0.3 is 0 Å². The lowest BCUT2D eigenvalue weighted by molar-refractivity contribution is -0.0479. The van der Waals surface area contributed by atoms with Gasteiger partial charge in [0, 0.05) is 17.0 Å². The van der Waals surface area contributed by atoms with E-state index in [4.69, 9.17) is 30.5 Å². The molecule has 0 spiro atoms. The van der Waals surface area contributed by atoms with Gasteiger partial charge in [0.25, 0.3) is 10.1 Å². The Morgan fingerprint density at radius 1 is 1.16 bits per heavy atom. The van der Waals surface area contributed by atoms with Crippen molar-refractivity contribution in [3.63, 3.8) is 0 Å². The summed E-state index contributed by atoms with van der Waals surface area (Å²) in [5.74, 6) is 0.372. The number of nitrogens with zero attached hydrogens (tertiary/aromatic N) is 3. The van der Waals surface area contributed by atoms with Crippen LogP contribution in [0.15, 0.2) is 36.4 Å². The van der Waals surface area contributed by atoms with Crippen LogP contribution in [0.3, 0.4) is 0 Å². The molecule has 1 aliphatic heterocycles. The van der Waals surface area contributed by atoms with Gasteiger partial charge in [-0.1, -0.05) is 17.7 Å². The van der Waals surface area contributed by atoms with Crippen molar-refractivity contribution in [3.05, 3.63) is 64.2 Å². The summed E-state index contributed by atoms with van der Waals surface area (Å²) in [5, 5.41) is 6.94. The van der Waals surface area contributed by atoms with E-state index in [9.17, 15) is 17.8 Å². The number of ether oxygens (including phenoxy) is 4. The Balaban J connectivity index is 1.83. The molecule has 1 aliphatic rings. The molecule has 13 heteroatoms. The van der Waals surface area contributed by atoms with Crippen LogP contribution in [0, 0.1) is 6.92 Å². The van der Waals surface area contributed by atoms with E-state index >= 15 is 0 Å². The molecule has 0 radical (unpaired) electrons. The molecule has 0 amide bonds. The standard InChI is InChI=1S/C24H26ClN3O8S/c1-14-26-27-24(20(37(30,31)32)9-10-21-35-11-12-36-21)28(14)18-8-7-15(25)13-17(18)22(29)16-5-4-6-19(33-2)23(16)34-3/h4-8,13,20-21H,9-12H2,1-3H3,(H,30,31,32). The van der Waals surface area contributed by atoms with Crippen molar-refractivity contribution < 1.29 is 36.7 Å². The predicted molar refractivity (Wildman–Crippen MR) is 133 cm³/mol. The maximum absolute atomic E-state index is 13.8. The predicted octanol–water partition coefficient (Wildman–Crippen LogP) is 3.56. The molecule has 1 saturated heterocycles. The molecule has 0 aliphatic carbocycles. The van der Waals surface area contributed by atoms with Gasteiger partial charge in [0.15, 0.2) is 29.4 Å². The number of carbonyl (C=O) groups is 1. The van der Waals surface area contributed by atoms with Crippen LogP contribution >= 0.6 is 11.6 Å². The molecule has 1 N–H and O–H groups in total. The summed E-state index contributed by atoms with van der Waals surface area (Å²) in [6.07, 6.45) is -0.443. The van der Waals surface area contributed by atoms with E-state index in [2.05, 4.69) is 10.2 Å². The van der Waals surface area contributed by atoms with Crippen molar-refractivity contribution in [2.45, 2.75) is 31.3 Å². The molecule has 0 saturated carbocycles. The number of ketones is 1. The maximum Gasteiger partial charge on any atom is 0.275 e. The number of halogens is 1. The summed E-state index contributed by atoms with van der Waals surface area (Å²) >= 11 is 6.27. The molecule has 1 unspecified atom stereocenters. The number of methoxy groups -OCH3 is 2. The second kappa shape index (κ2) is 11.2. The summed E-state index contributed by atoms with van der Waals surface area (Å²) < 4.78 is 58.0. The number of aromatic nitrogens is 3. The first-order valence-corrected chi connectivity index (χ1v) is 13.2. The van der Waals surface area contributed by atoms with Crippen molar-refractivity contribution in [3.8, 4) is 17.2 Å². The lowest BCUT2D eigenvalue weighted by atomic mass is 10.00. The number of hydrogen-bond acceptors (Lipinski definition) is 9. The van der Waals surface area contributed by atoms with Gasteiger partial charge in [0.1, 0.15) is 11.1 Å². The number of carbonyl (C=O) groups excluding carboxylic acids is 1. The zero-order valence-corrected chi connectivity index (χ0v) is 22.0. The van der Waals surface area contributed by atoms with Gasteiger partial charge in [-0.05, 0) is 43.7 Å². The quantitative estimate of drug-likeness (QED) is 0.294. The monoisotopic (exact) mass is 551 g/mol. The smallest absolute Gasteiger partial charge is 0.275 e. The molecular formula is C24H26ClN3O8S. The summed E-state index contributed by atoms with van der Waals surface area (Å²) in [5.41, 5.74) is 0.623. The average molecular weight is 552 g/mol. The lowest BCUT2D eigenvalue weighted by Crippen LogP contribution is -2.21. The minimum Gasteiger partial charge on any atom is -0.493 e. The van der Waals surface area contributed by atoms with Gasteiger partial charge in [-0.25, -0.2) is 0 Å². The summed E-state index contributed by atoms with van der Waals surface area (Å²) in [6.45, 7) is 2.41. The van der Waals surface area contributed by atoms with Crippen molar-refractivity contribution in [1.29, 1.82) is 0 Å². The minimum atomic E-state index is -4.62. The first-order chi connectivity index (χ1) is 17.7. The van der Waals surface area contributed by atoms with Crippen LogP contribution in [0.25, 0.3) is 5.69 Å². The molecule has 1 fully saturated rings. The van der Waals surface area contributed by atoms with Gasteiger partial charge in [-0.2, -0.15) is 8.42 Å². The highest BCUT2D eigenvalue weighted by Crippen LogP contribution is 2.36. The van der Waals surface area contributed by atoms with Crippen LogP contribution in [0.5, 0.6) is 11.5 Å². The van der Waals surface area contributed by atoms with E-state index in [1.54, 1.807) is 37.3 Å². The number of aryl methyl sites for hydroxylation is 1. The fraction of sp³-hybridized carbons (Fsp3) is 0.375. The molecule has 198 valence electrons. The minimum absolute atomic E-state index is 0.0534. The van der Waals surface area contributed by atoms with Crippen LogP contribution in [-0.2, 0) is 19.6 Å². The van der Waals surface area contributed by atoms with E-state index in [1.165, 1.54) is 24.9 Å². The third-order valence-electron chi connectivity index (χ3n) is 5.94. The second-order valence-corrected chi connectivity index (χ2v) is 10.3. The van der Waals surface area contributed by atoms with E-state index < -0.39 is 27.4 Å². The molecule has 1 aromatic heterocycles. The maximum atomic E-state index is 13.8. The zero-order valence-electron chi connectivity index (χ0n) is 20.4. The molecule has 3 aromatic rings. The van der Waals surface area contributed by atoms with E-state index in [-0.39, 0.29) is 46.3 Å². The Bertz CT molecular complexity index is 1400. The molecule has 2 aromatic carbocycles.